The molecule has 1 aliphatic rings. The SMILES string of the molecule is CB1CCC(C)(C)CN1. The van der Waals surface area contributed by atoms with Crippen molar-refractivity contribution in [1.82, 2.24) is 5.23 Å². The topological polar surface area (TPSA) is 12.0 Å². The molecule has 1 nitrogen and oxygen atoms in total. The molecule has 0 unspecified atom stereocenters. The zero-order valence-corrected chi connectivity index (χ0v) is 6.70. The van der Waals surface area contributed by atoms with Crippen LogP contribution < -0.4 is 5.23 Å². The number of nitrogens with one attached hydrogen (secondary N) is 1. The second-order valence-corrected chi connectivity index (χ2v) is 3.98. The molecule has 1 heterocycles. The summed E-state index contributed by atoms with van der Waals surface area (Å²) in [4.78, 5) is 0. The monoisotopic (exact) mass is 125 g/mol. The van der Waals surface area contributed by atoms with Gasteiger partial charge in [0.2, 0.25) is 6.85 Å². The molecule has 0 saturated carbocycles. The van der Waals surface area contributed by atoms with Gasteiger partial charge in [0.25, 0.3) is 0 Å². The van der Waals surface area contributed by atoms with Gasteiger partial charge in [-0.15, -0.1) is 0 Å². The van der Waals surface area contributed by atoms with Gasteiger partial charge in [-0.2, -0.15) is 0 Å². The van der Waals surface area contributed by atoms with Gasteiger partial charge in [-0.3, -0.25) is 0 Å². The third-order valence-electron chi connectivity index (χ3n) is 2.18. The number of hydrogen-bond acceptors (Lipinski definition) is 1. The van der Waals surface area contributed by atoms with Crippen LogP contribution in [0.1, 0.15) is 20.3 Å². The van der Waals surface area contributed by atoms with Crippen LogP contribution in [0.25, 0.3) is 0 Å². The Hall–Kier alpha value is 0.0249. The Morgan fingerprint density at radius 1 is 1.44 bits per heavy atom. The van der Waals surface area contributed by atoms with Crippen LogP contribution in [0.5, 0.6) is 0 Å². The Balaban J connectivity index is 2.35. The molecule has 0 atom stereocenters. The molecule has 1 N–H and O–H groups in total. The maximum absolute atomic E-state index is 3.47. The highest BCUT2D eigenvalue weighted by Gasteiger charge is 2.25. The molecular weight excluding hydrogens is 109 g/mol. The van der Waals surface area contributed by atoms with E-state index in [1.54, 1.807) is 0 Å². The first kappa shape index (κ1) is 7.14. The summed E-state index contributed by atoms with van der Waals surface area (Å²) in [6.45, 7) is 8.85. The first-order chi connectivity index (χ1) is 4.10. The highest BCUT2D eigenvalue weighted by molar-refractivity contribution is 6.54. The van der Waals surface area contributed by atoms with Gasteiger partial charge >= 0.3 is 0 Å². The van der Waals surface area contributed by atoms with Crippen molar-refractivity contribution in [2.45, 2.75) is 33.4 Å². The molecule has 0 aromatic heterocycles. The van der Waals surface area contributed by atoms with Gasteiger partial charge in [-0.25, -0.2) is 0 Å². The Morgan fingerprint density at radius 2 is 2.11 bits per heavy atom. The van der Waals surface area contributed by atoms with Crippen LogP contribution >= 0.6 is 0 Å². The van der Waals surface area contributed by atoms with Gasteiger partial charge in [0.05, 0.1) is 0 Å². The van der Waals surface area contributed by atoms with E-state index in [9.17, 15) is 0 Å². The Labute approximate surface area is 58.3 Å². The minimum absolute atomic E-state index is 0.548. The van der Waals surface area contributed by atoms with Crippen LogP contribution in [0, 0.1) is 5.41 Å². The van der Waals surface area contributed by atoms with E-state index in [1.165, 1.54) is 19.3 Å². The smallest absolute Gasteiger partial charge is 0.217 e. The van der Waals surface area contributed by atoms with Crippen molar-refractivity contribution in [2.75, 3.05) is 6.54 Å². The van der Waals surface area contributed by atoms with Crippen molar-refractivity contribution in [3.8, 4) is 0 Å². The largest absolute Gasteiger partial charge is 0.355 e. The molecule has 0 aromatic rings. The van der Waals surface area contributed by atoms with Crippen molar-refractivity contribution in [3.05, 3.63) is 0 Å². The zero-order chi connectivity index (χ0) is 6.91. The van der Waals surface area contributed by atoms with Gasteiger partial charge in [-0.1, -0.05) is 33.4 Å². The second-order valence-electron chi connectivity index (χ2n) is 3.98. The lowest BCUT2D eigenvalue weighted by Crippen LogP contribution is -2.43. The molecule has 9 heavy (non-hydrogen) atoms. The van der Waals surface area contributed by atoms with Gasteiger partial charge in [0, 0.05) is 0 Å². The quantitative estimate of drug-likeness (QED) is 0.485. The third kappa shape index (κ3) is 2.01. The summed E-state index contributed by atoms with van der Waals surface area (Å²) in [5, 5.41) is 3.47. The normalized spacial score (nSPS) is 26.3. The maximum Gasteiger partial charge on any atom is 0.217 e. The van der Waals surface area contributed by atoms with Crippen molar-refractivity contribution < 1.29 is 0 Å². The molecule has 1 saturated heterocycles. The lowest BCUT2D eigenvalue weighted by molar-refractivity contribution is 0.333. The first-order valence-electron chi connectivity index (χ1n) is 3.83. The number of hydrogen-bond donors (Lipinski definition) is 1. The van der Waals surface area contributed by atoms with E-state index in [4.69, 9.17) is 0 Å². The number of rotatable bonds is 0. The minimum atomic E-state index is 0.548. The van der Waals surface area contributed by atoms with E-state index in [0.717, 1.165) is 6.85 Å². The fourth-order valence-corrected chi connectivity index (χ4v) is 1.25. The highest BCUT2D eigenvalue weighted by Crippen LogP contribution is 2.25. The van der Waals surface area contributed by atoms with Crippen LogP contribution in [0.15, 0.2) is 0 Å². The molecule has 0 radical (unpaired) electrons. The summed E-state index contributed by atoms with van der Waals surface area (Å²) >= 11 is 0. The van der Waals surface area contributed by atoms with Gasteiger partial charge in [0.1, 0.15) is 0 Å². The fraction of sp³-hybridized carbons (Fsp3) is 1.00. The van der Waals surface area contributed by atoms with Gasteiger partial charge in [-0.05, 0) is 12.0 Å². The van der Waals surface area contributed by atoms with Crippen LogP contribution in [-0.2, 0) is 0 Å². The van der Waals surface area contributed by atoms with E-state index < -0.39 is 0 Å². The standard InChI is InChI=1S/C7H16BN/c1-7(2)4-5-8(3)9-6-7/h9H,4-6H2,1-3H3. The van der Waals surface area contributed by atoms with Crippen molar-refractivity contribution in [1.29, 1.82) is 0 Å². The summed E-state index contributed by atoms with van der Waals surface area (Å²) < 4.78 is 0. The Kier molecular flexibility index (Phi) is 1.85. The van der Waals surface area contributed by atoms with Crippen molar-refractivity contribution in [3.63, 3.8) is 0 Å². The average molecular weight is 125 g/mol. The summed E-state index contributed by atoms with van der Waals surface area (Å²) in [5.41, 5.74) is 0.548. The summed E-state index contributed by atoms with van der Waals surface area (Å²) in [5.74, 6) is 0. The lowest BCUT2D eigenvalue weighted by Gasteiger charge is -2.32. The van der Waals surface area contributed by atoms with Crippen LogP contribution in [-0.4, -0.2) is 13.4 Å². The fourth-order valence-electron chi connectivity index (χ4n) is 1.25. The molecule has 0 aliphatic carbocycles. The lowest BCUT2D eigenvalue weighted by atomic mass is 9.55. The van der Waals surface area contributed by atoms with Gasteiger partial charge < -0.3 is 5.23 Å². The van der Waals surface area contributed by atoms with Crippen LogP contribution in [0.3, 0.4) is 0 Å². The molecule has 0 spiro atoms. The Morgan fingerprint density at radius 3 is 2.44 bits per heavy atom. The zero-order valence-electron chi connectivity index (χ0n) is 6.70. The van der Waals surface area contributed by atoms with E-state index in [1.807, 2.05) is 0 Å². The molecule has 52 valence electrons. The highest BCUT2D eigenvalue weighted by atomic mass is 14.8. The second kappa shape index (κ2) is 2.33. The molecule has 0 bridgehead atoms. The third-order valence-corrected chi connectivity index (χ3v) is 2.18. The average Bonchev–Trinajstić information content (AvgIpc) is 1.78. The van der Waals surface area contributed by atoms with Crippen molar-refractivity contribution in [2.24, 2.45) is 5.41 Å². The molecular formula is C7H16BN. The summed E-state index contributed by atoms with van der Waals surface area (Å²) in [6.07, 6.45) is 2.72. The predicted molar refractivity (Wildman–Crippen MR) is 42.8 cm³/mol. The van der Waals surface area contributed by atoms with E-state index >= 15 is 0 Å². The molecule has 2 heteroatoms. The maximum atomic E-state index is 3.47. The van der Waals surface area contributed by atoms with Crippen LogP contribution in [0.4, 0.5) is 0 Å². The van der Waals surface area contributed by atoms with E-state index in [-0.39, 0.29) is 0 Å². The van der Waals surface area contributed by atoms with E-state index in [2.05, 4.69) is 25.9 Å². The molecule has 0 amide bonds. The van der Waals surface area contributed by atoms with Crippen molar-refractivity contribution >= 4 is 6.85 Å². The summed E-state index contributed by atoms with van der Waals surface area (Å²) in [7, 11) is 0. The predicted octanol–water partition coefficient (Wildman–Crippen LogP) is 1.63. The minimum Gasteiger partial charge on any atom is -0.355 e. The van der Waals surface area contributed by atoms with Crippen LogP contribution in [0.2, 0.25) is 13.1 Å². The molecule has 1 aliphatic heterocycles. The molecule has 1 rings (SSSR count). The Bertz CT molecular complexity index is 91.1. The van der Waals surface area contributed by atoms with Gasteiger partial charge in [0.15, 0.2) is 0 Å². The van der Waals surface area contributed by atoms with E-state index in [0.29, 0.717) is 5.41 Å². The first-order valence-corrected chi connectivity index (χ1v) is 3.83. The summed E-state index contributed by atoms with van der Waals surface area (Å²) in [6, 6.07) is 0. The molecule has 0 aromatic carbocycles. The molecule has 1 fully saturated rings.